The Labute approximate surface area is 398 Å². The topological polar surface area (TPSA) is 0 Å². The van der Waals surface area contributed by atoms with E-state index in [-0.39, 0.29) is 0 Å². The van der Waals surface area contributed by atoms with Gasteiger partial charge in [-0.2, -0.15) is 0 Å². The second kappa shape index (κ2) is 15.0. The maximum Gasteiger partial charge on any atom is 0.0720 e. The molecule has 0 saturated carbocycles. The highest BCUT2D eigenvalue weighted by Gasteiger charge is 2.58. The van der Waals surface area contributed by atoms with Gasteiger partial charge in [0.1, 0.15) is 0 Å². The Kier molecular flexibility index (Phi) is 8.51. The molecule has 11 aromatic rings. The molecule has 0 bridgehead atoms. The Hall–Kier alpha value is -8.58. The molecule has 0 atom stereocenters. The van der Waals surface area contributed by atoms with Gasteiger partial charge in [0.2, 0.25) is 0 Å². The third kappa shape index (κ3) is 5.43. The molecule has 0 fully saturated rings. The zero-order valence-electron chi connectivity index (χ0n) is 37.4. The van der Waals surface area contributed by atoms with Crippen molar-refractivity contribution in [3.63, 3.8) is 0 Å². The van der Waals surface area contributed by atoms with Crippen LogP contribution in [0, 0.1) is 0 Å². The van der Waals surface area contributed by atoms with Crippen LogP contribution in [0.15, 0.2) is 267 Å². The van der Waals surface area contributed by atoms with Gasteiger partial charge >= 0.3 is 0 Å². The zero-order chi connectivity index (χ0) is 44.8. The van der Waals surface area contributed by atoms with Crippen molar-refractivity contribution >= 4 is 0 Å². The first-order chi connectivity index (χ1) is 33.7. The molecule has 14 rings (SSSR count). The average Bonchev–Trinajstić information content (AvgIpc) is 3.89. The molecule has 0 aromatic heterocycles. The van der Waals surface area contributed by atoms with Crippen LogP contribution in [0.2, 0.25) is 0 Å². The summed E-state index contributed by atoms with van der Waals surface area (Å²) >= 11 is 0. The normalized spacial score (nSPS) is 13.8. The number of hydrogen-bond acceptors (Lipinski definition) is 0. The van der Waals surface area contributed by atoms with E-state index < -0.39 is 10.8 Å². The highest BCUT2D eigenvalue weighted by atomic mass is 14.6. The fourth-order valence-electron chi connectivity index (χ4n) is 12.6. The van der Waals surface area contributed by atoms with Crippen LogP contribution < -0.4 is 0 Å². The SMILES string of the molecule is c1ccc(-c2cccc(-c3cc(-c4cccc(-c5ccccc5)c4)cc(-c4ccc5c(c4)C4(c6ccccc6-c6ccccc64)c4ccccc4C54c5ccccc5-c5ccccc54)c3)c2)cc1. The van der Waals surface area contributed by atoms with Crippen molar-refractivity contribution in [3.8, 4) is 77.9 Å². The summed E-state index contributed by atoms with van der Waals surface area (Å²) in [4.78, 5) is 0. The molecule has 0 aliphatic heterocycles. The molecule has 0 unspecified atom stereocenters. The minimum Gasteiger partial charge on any atom is -0.0622 e. The van der Waals surface area contributed by atoms with Gasteiger partial charge in [0.15, 0.2) is 0 Å². The molecule has 68 heavy (non-hydrogen) atoms. The standard InChI is InChI=1S/C68H44/c1-3-19-45(20-4-1)47-23-17-25-49(39-47)52-41-53(50-26-18-24-48(40-50)46-21-5-2-6-22-46)43-54(42-52)51-37-38-65-66(44-51)68(61-33-13-9-29-57(61)58-30-10-14-34-62(58)68)64-36-16-15-35-63(64)67(65)59-31-11-7-27-55(59)56-28-8-12-32-60(56)67/h1-44H. The third-order valence-corrected chi connectivity index (χ3v) is 15.3. The summed E-state index contributed by atoms with van der Waals surface area (Å²) in [5, 5.41) is 0. The number of fused-ring (bicyclic) bond motifs is 16. The quantitative estimate of drug-likeness (QED) is 0.162. The summed E-state index contributed by atoms with van der Waals surface area (Å²) in [5.41, 5.74) is 26.8. The van der Waals surface area contributed by atoms with Crippen molar-refractivity contribution in [1.82, 2.24) is 0 Å². The molecule has 0 saturated heterocycles. The van der Waals surface area contributed by atoms with Crippen LogP contribution in [0.3, 0.4) is 0 Å². The molecule has 0 heteroatoms. The lowest BCUT2D eigenvalue weighted by Gasteiger charge is -2.49. The van der Waals surface area contributed by atoms with Crippen molar-refractivity contribution < 1.29 is 0 Å². The van der Waals surface area contributed by atoms with E-state index in [1.165, 1.54) is 122 Å². The molecule has 0 N–H and O–H groups in total. The largest absolute Gasteiger partial charge is 0.0720 e. The Morgan fingerprint density at radius 3 is 0.809 bits per heavy atom. The van der Waals surface area contributed by atoms with Crippen LogP contribution in [0.25, 0.3) is 77.9 Å². The summed E-state index contributed by atoms with van der Waals surface area (Å²) < 4.78 is 0. The number of rotatable bonds is 5. The van der Waals surface area contributed by atoms with E-state index in [4.69, 9.17) is 0 Å². The van der Waals surface area contributed by atoms with Crippen LogP contribution in [0.5, 0.6) is 0 Å². The van der Waals surface area contributed by atoms with Gasteiger partial charge in [0, 0.05) is 0 Å². The summed E-state index contributed by atoms with van der Waals surface area (Å²) in [5.74, 6) is 0. The summed E-state index contributed by atoms with van der Waals surface area (Å²) in [7, 11) is 0. The minimum absolute atomic E-state index is 0.530. The van der Waals surface area contributed by atoms with Crippen LogP contribution >= 0.6 is 0 Å². The number of benzene rings is 11. The van der Waals surface area contributed by atoms with Crippen molar-refractivity contribution in [3.05, 3.63) is 311 Å². The van der Waals surface area contributed by atoms with Crippen molar-refractivity contribution in [2.24, 2.45) is 0 Å². The third-order valence-electron chi connectivity index (χ3n) is 15.3. The molecule has 0 nitrogen and oxygen atoms in total. The Bertz CT molecular complexity index is 3600. The van der Waals surface area contributed by atoms with Gasteiger partial charge in [-0.05, 0) is 159 Å². The lowest BCUT2D eigenvalue weighted by molar-refractivity contribution is 0.633. The second-order valence-electron chi connectivity index (χ2n) is 18.7. The molecule has 2 spiro atoms. The molecule has 0 heterocycles. The smallest absolute Gasteiger partial charge is 0.0622 e. The van der Waals surface area contributed by atoms with Gasteiger partial charge in [0.05, 0.1) is 10.8 Å². The van der Waals surface area contributed by atoms with Gasteiger partial charge in [-0.3, -0.25) is 0 Å². The average molecular weight is 861 g/mol. The lowest BCUT2D eigenvalue weighted by Crippen LogP contribution is -2.43. The van der Waals surface area contributed by atoms with E-state index in [1.54, 1.807) is 0 Å². The van der Waals surface area contributed by atoms with Gasteiger partial charge in [-0.15, -0.1) is 0 Å². The first kappa shape index (κ1) is 38.7. The Morgan fingerprint density at radius 2 is 0.412 bits per heavy atom. The van der Waals surface area contributed by atoms with E-state index in [1.807, 2.05) is 0 Å². The minimum atomic E-state index is -0.568. The van der Waals surface area contributed by atoms with E-state index in [9.17, 15) is 0 Å². The first-order valence-corrected chi connectivity index (χ1v) is 23.8. The summed E-state index contributed by atoms with van der Waals surface area (Å²) in [6.45, 7) is 0. The molecular formula is C68H44. The fourth-order valence-corrected chi connectivity index (χ4v) is 12.6. The lowest BCUT2D eigenvalue weighted by atomic mass is 9.52. The van der Waals surface area contributed by atoms with Gasteiger partial charge in [-0.25, -0.2) is 0 Å². The van der Waals surface area contributed by atoms with E-state index >= 15 is 0 Å². The van der Waals surface area contributed by atoms with Crippen molar-refractivity contribution in [2.75, 3.05) is 0 Å². The summed E-state index contributed by atoms with van der Waals surface area (Å²) in [6.07, 6.45) is 0. The molecule has 316 valence electrons. The van der Waals surface area contributed by atoms with Crippen molar-refractivity contribution in [1.29, 1.82) is 0 Å². The van der Waals surface area contributed by atoms with Crippen molar-refractivity contribution in [2.45, 2.75) is 10.8 Å². The molecule has 0 radical (unpaired) electrons. The zero-order valence-corrected chi connectivity index (χ0v) is 37.4. The van der Waals surface area contributed by atoms with E-state index in [0.29, 0.717) is 0 Å². The number of hydrogen-bond donors (Lipinski definition) is 0. The van der Waals surface area contributed by atoms with E-state index in [2.05, 4.69) is 267 Å². The fraction of sp³-hybridized carbons (Fsp3) is 0.0294. The van der Waals surface area contributed by atoms with Gasteiger partial charge < -0.3 is 0 Å². The predicted octanol–water partition coefficient (Wildman–Crippen LogP) is 17.1. The highest BCUT2D eigenvalue weighted by Crippen LogP contribution is 2.67. The predicted molar refractivity (Wildman–Crippen MR) is 282 cm³/mol. The molecule has 3 aliphatic rings. The van der Waals surface area contributed by atoms with Gasteiger partial charge in [0.25, 0.3) is 0 Å². The van der Waals surface area contributed by atoms with Gasteiger partial charge in [-0.1, -0.05) is 231 Å². The highest BCUT2D eigenvalue weighted by molar-refractivity contribution is 5.95. The van der Waals surface area contributed by atoms with Crippen LogP contribution in [-0.2, 0) is 10.8 Å². The van der Waals surface area contributed by atoms with Crippen LogP contribution in [0.1, 0.15) is 44.5 Å². The maximum atomic E-state index is 2.58. The molecule has 0 amide bonds. The second-order valence-corrected chi connectivity index (χ2v) is 18.7. The molecule has 11 aromatic carbocycles. The summed E-state index contributed by atoms with van der Waals surface area (Å²) in [6, 6.07) is 100. The first-order valence-electron chi connectivity index (χ1n) is 23.8. The van der Waals surface area contributed by atoms with E-state index in [0.717, 1.165) is 0 Å². The van der Waals surface area contributed by atoms with Crippen LogP contribution in [0.4, 0.5) is 0 Å². The molecule has 3 aliphatic carbocycles. The Balaban J connectivity index is 1.07. The Morgan fingerprint density at radius 1 is 0.147 bits per heavy atom. The molecular weight excluding hydrogens is 817 g/mol. The monoisotopic (exact) mass is 860 g/mol. The van der Waals surface area contributed by atoms with Crippen LogP contribution in [-0.4, -0.2) is 0 Å². The maximum absolute atomic E-state index is 2.58.